The summed E-state index contributed by atoms with van der Waals surface area (Å²) >= 11 is 1.76. The lowest BCUT2D eigenvalue weighted by atomic mass is 10.2. The Labute approximate surface area is 124 Å². The van der Waals surface area contributed by atoms with Crippen LogP contribution in [0.2, 0.25) is 0 Å². The molecule has 0 spiro atoms. The first kappa shape index (κ1) is 14.8. The average molecular weight is 289 g/mol. The standard InChI is InChI=1S/C16H20N2OS/c1-12-9-10-20-15(12)11-18(3)13(2)16(19)17-14-7-5-4-6-8-14/h4-10,13H,11H2,1-3H3,(H,17,19)/p+1/t13-/m1/s1. The second-order valence-electron chi connectivity index (χ2n) is 5.13. The Morgan fingerprint density at radius 3 is 2.60 bits per heavy atom. The van der Waals surface area contributed by atoms with Crippen molar-refractivity contribution in [2.45, 2.75) is 26.4 Å². The van der Waals surface area contributed by atoms with Crippen LogP contribution in [-0.4, -0.2) is 19.0 Å². The van der Waals surface area contributed by atoms with Gasteiger partial charge in [-0.05, 0) is 43.0 Å². The Hall–Kier alpha value is -1.65. The second kappa shape index (κ2) is 6.68. The number of quaternary nitrogens is 1. The van der Waals surface area contributed by atoms with E-state index in [1.807, 2.05) is 37.3 Å². The van der Waals surface area contributed by atoms with E-state index in [1.54, 1.807) is 11.3 Å². The molecule has 0 aliphatic rings. The summed E-state index contributed by atoms with van der Waals surface area (Å²) in [6.07, 6.45) is 0. The number of hydrogen-bond donors (Lipinski definition) is 2. The molecule has 0 aliphatic heterocycles. The van der Waals surface area contributed by atoms with Crippen LogP contribution in [0.1, 0.15) is 17.4 Å². The second-order valence-corrected chi connectivity index (χ2v) is 6.13. The van der Waals surface area contributed by atoms with Crippen LogP contribution in [0.25, 0.3) is 0 Å². The number of carbonyl (C=O) groups excluding carboxylic acids is 1. The zero-order valence-electron chi connectivity index (χ0n) is 12.1. The number of likely N-dealkylation sites (N-methyl/N-ethyl adjacent to an activating group) is 1. The van der Waals surface area contributed by atoms with Crippen molar-refractivity contribution in [3.05, 3.63) is 52.2 Å². The minimum absolute atomic E-state index is 0.0582. The van der Waals surface area contributed by atoms with Crippen LogP contribution in [0.4, 0.5) is 5.69 Å². The fraction of sp³-hybridized carbons (Fsp3) is 0.312. The maximum Gasteiger partial charge on any atom is 0.282 e. The smallest absolute Gasteiger partial charge is 0.282 e. The van der Waals surface area contributed by atoms with Gasteiger partial charge in [0.05, 0.1) is 11.9 Å². The quantitative estimate of drug-likeness (QED) is 0.868. The van der Waals surface area contributed by atoms with Gasteiger partial charge in [-0.1, -0.05) is 18.2 Å². The normalized spacial score (nSPS) is 13.8. The van der Waals surface area contributed by atoms with E-state index in [1.165, 1.54) is 15.3 Å². The van der Waals surface area contributed by atoms with Crippen LogP contribution in [-0.2, 0) is 11.3 Å². The van der Waals surface area contributed by atoms with Crippen molar-refractivity contribution in [1.29, 1.82) is 0 Å². The molecular formula is C16H21N2OS+. The van der Waals surface area contributed by atoms with Crippen LogP contribution in [0.5, 0.6) is 0 Å². The van der Waals surface area contributed by atoms with Crippen LogP contribution in [0.15, 0.2) is 41.8 Å². The molecule has 0 radical (unpaired) electrons. The van der Waals surface area contributed by atoms with E-state index in [0.29, 0.717) is 0 Å². The third-order valence-corrected chi connectivity index (χ3v) is 4.60. The maximum absolute atomic E-state index is 12.2. The van der Waals surface area contributed by atoms with Gasteiger partial charge in [-0.2, -0.15) is 0 Å². The van der Waals surface area contributed by atoms with Gasteiger partial charge in [-0.15, -0.1) is 11.3 Å². The summed E-state index contributed by atoms with van der Waals surface area (Å²) in [6.45, 7) is 4.97. The summed E-state index contributed by atoms with van der Waals surface area (Å²) in [5, 5.41) is 5.06. The third kappa shape index (κ3) is 3.68. The minimum Gasteiger partial charge on any atom is -0.323 e. The van der Waals surface area contributed by atoms with Gasteiger partial charge in [0.15, 0.2) is 6.04 Å². The highest BCUT2D eigenvalue weighted by Gasteiger charge is 2.22. The number of nitrogens with one attached hydrogen (secondary N) is 2. The number of carbonyl (C=O) groups is 1. The van der Waals surface area contributed by atoms with Crippen LogP contribution >= 0.6 is 11.3 Å². The van der Waals surface area contributed by atoms with Gasteiger partial charge in [-0.25, -0.2) is 0 Å². The number of para-hydroxylation sites is 1. The number of thiophene rings is 1. The molecule has 0 bridgehead atoms. The van der Waals surface area contributed by atoms with Crippen LogP contribution < -0.4 is 10.2 Å². The first-order valence-corrected chi connectivity index (χ1v) is 7.67. The van der Waals surface area contributed by atoms with Crippen molar-refractivity contribution >= 4 is 22.9 Å². The van der Waals surface area contributed by atoms with E-state index >= 15 is 0 Å². The molecule has 0 fully saturated rings. The van der Waals surface area contributed by atoms with E-state index in [2.05, 4.69) is 30.7 Å². The fourth-order valence-corrected chi connectivity index (χ4v) is 2.99. The monoisotopic (exact) mass is 289 g/mol. The molecule has 2 rings (SSSR count). The molecule has 1 unspecified atom stereocenters. The van der Waals surface area contributed by atoms with Gasteiger partial charge in [0.25, 0.3) is 5.91 Å². The topological polar surface area (TPSA) is 33.5 Å². The molecule has 1 aromatic heterocycles. The lowest BCUT2D eigenvalue weighted by molar-refractivity contribution is -0.907. The number of aryl methyl sites for hydroxylation is 1. The Kier molecular flexibility index (Phi) is 4.93. The first-order chi connectivity index (χ1) is 9.58. The van der Waals surface area contributed by atoms with E-state index in [0.717, 1.165) is 12.2 Å². The highest BCUT2D eigenvalue weighted by Crippen LogP contribution is 2.13. The predicted octanol–water partition coefficient (Wildman–Crippen LogP) is 2.10. The lowest BCUT2D eigenvalue weighted by Gasteiger charge is -2.20. The molecule has 0 aliphatic carbocycles. The molecule has 3 nitrogen and oxygen atoms in total. The zero-order chi connectivity index (χ0) is 14.5. The van der Waals surface area contributed by atoms with Gasteiger partial charge in [0.2, 0.25) is 0 Å². The number of anilines is 1. The molecule has 20 heavy (non-hydrogen) atoms. The summed E-state index contributed by atoms with van der Waals surface area (Å²) in [5.74, 6) is 0.0582. The molecule has 1 heterocycles. The fourth-order valence-electron chi connectivity index (χ4n) is 1.99. The van der Waals surface area contributed by atoms with Crippen molar-refractivity contribution in [3.63, 3.8) is 0 Å². The highest BCUT2D eigenvalue weighted by atomic mass is 32.1. The van der Waals surface area contributed by atoms with E-state index in [-0.39, 0.29) is 11.9 Å². The van der Waals surface area contributed by atoms with Crippen LogP contribution in [0, 0.1) is 6.92 Å². The Morgan fingerprint density at radius 1 is 1.30 bits per heavy atom. The van der Waals surface area contributed by atoms with Crippen molar-refractivity contribution in [2.75, 3.05) is 12.4 Å². The SMILES string of the molecule is Cc1ccsc1C[NH+](C)[C@H](C)C(=O)Nc1ccccc1. The Morgan fingerprint density at radius 2 is 2.00 bits per heavy atom. The molecule has 2 atom stereocenters. The third-order valence-electron chi connectivity index (χ3n) is 3.58. The van der Waals surface area contributed by atoms with Crippen LogP contribution in [0.3, 0.4) is 0 Å². The number of benzene rings is 1. The molecule has 4 heteroatoms. The van der Waals surface area contributed by atoms with Gasteiger partial charge in [0.1, 0.15) is 6.54 Å². The van der Waals surface area contributed by atoms with Crippen molar-refractivity contribution in [1.82, 2.24) is 0 Å². The molecule has 0 saturated heterocycles. The minimum atomic E-state index is -0.0864. The van der Waals surface area contributed by atoms with Crippen molar-refractivity contribution in [3.8, 4) is 0 Å². The predicted molar refractivity (Wildman–Crippen MR) is 84.2 cm³/mol. The van der Waals surface area contributed by atoms with Crippen molar-refractivity contribution in [2.24, 2.45) is 0 Å². The van der Waals surface area contributed by atoms with E-state index in [4.69, 9.17) is 0 Å². The molecule has 0 saturated carbocycles. The summed E-state index contributed by atoms with van der Waals surface area (Å²) in [7, 11) is 2.06. The Balaban J connectivity index is 1.94. The average Bonchev–Trinajstić information content (AvgIpc) is 2.84. The zero-order valence-corrected chi connectivity index (χ0v) is 13.0. The summed E-state index contributed by atoms with van der Waals surface area (Å²) < 4.78 is 0. The summed E-state index contributed by atoms with van der Waals surface area (Å²) in [5.41, 5.74) is 2.16. The molecule has 2 N–H and O–H groups in total. The van der Waals surface area contributed by atoms with Gasteiger partial charge >= 0.3 is 0 Å². The largest absolute Gasteiger partial charge is 0.323 e. The maximum atomic E-state index is 12.2. The first-order valence-electron chi connectivity index (χ1n) is 6.79. The summed E-state index contributed by atoms with van der Waals surface area (Å²) in [4.78, 5) is 14.8. The highest BCUT2D eigenvalue weighted by molar-refractivity contribution is 7.10. The molecule has 106 valence electrons. The van der Waals surface area contributed by atoms with Crippen molar-refractivity contribution < 1.29 is 9.69 Å². The number of hydrogen-bond acceptors (Lipinski definition) is 2. The van der Waals surface area contributed by atoms with E-state index < -0.39 is 0 Å². The number of amides is 1. The summed E-state index contributed by atoms with van der Waals surface area (Å²) in [6, 6.07) is 11.6. The molecule has 2 aromatic rings. The number of rotatable bonds is 5. The van der Waals surface area contributed by atoms with Gasteiger partial charge in [-0.3, -0.25) is 4.79 Å². The Bertz CT molecular complexity index is 565. The molecule has 1 aromatic carbocycles. The molecule has 1 amide bonds. The van der Waals surface area contributed by atoms with Gasteiger partial charge < -0.3 is 10.2 Å². The van der Waals surface area contributed by atoms with E-state index in [9.17, 15) is 4.79 Å². The lowest BCUT2D eigenvalue weighted by Crippen LogP contribution is -3.12. The van der Waals surface area contributed by atoms with Gasteiger partial charge in [0, 0.05) is 5.69 Å². The molecular weight excluding hydrogens is 268 g/mol.